The highest BCUT2D eigenvalue weighted by atomic mass is 16.4. The standard InChI is InChI=1S/C38H38N2O/c1-7-23(2)26(5)27(6)28-18-20-30(21-19-28)37-39-40-38(41-37)34-22-25(4)36(33-15-11-10-14-32(33)34)35-24(3)16-17-29-12-8-9-13-31(29)35/h8-23,26-27H,7H2,1-6H3. The molecule has 0 spiro atoms. The van der Waals surface area contributed by atoms with Crippen LogP contribution in [-0.2, 0) is 0 Å². The second-order valence-electron chi connectivity index (χ2n) is 11.7. The molecule has 1 heterocycles. The summed E-state index contributed by atoms with van der Waals surface area (Å²) in [6.07, 6.45) is 1.20. The van der Waals surface area contributed by atoms with Crippen LogP contribution in [0.25, 0.3) is 55.6 Å². The minimum Gasteiger partial charge on any atom is -0.416 e. The zero-order valence-corrected chi connectivity index (χ0v) is 24.9. The zero-order chi connectivity index (χ0) is 28.7. The van der Waals surface area contributed by atoms with Crippen molar-refractivity contribution >= 4 is 21.5 Å². The minimum absolute atomic E-state index is 0.496. The smallest absolute Gasteiger partial charge is 0.248 e. The number of hydrogen-bond acceptors (Lipinski definition) is 3. The van der Waals surface area contributed by atoms with Gasteiger partial charge in [0.1, 0.15) is 0 Å². The first-order chi connectivity index (χ1) is 19.9. The summed E-state index contributed by atoms with van der Waals surface area (Å²) in [5.74, 6) is 2.90. The van der Waals surface area contributed by atoms with Gasteiger partial charge in [0.05, 0.1) is 0 Å². The van der Waals surface area contributed by atoms with Crippen LogP contribution in [0, 0.1) is 25.7 Å². The summed E-state index contributed by atoms with van der Waals surface area (Å²) >= 11 is 0. The molecular weight excluding hydrogens is 500 g/mol. The molecule has 3 atom stereocenters. The summed E-state index contributed by atoms with van der Waals surface area (Å²) < 4.78 is 6.34. The van der Waals surface area contributed by atoms with Crippen molar-refractivity contribution in [3.63, 3.8) is 0 Å². The number of fused-ring (bicyclic) bond motifs is 2. The average molecular weight is 539 g/mol. The van der Waals surface area contributed by atoms with E-state index in [4.69, 9.17) is 4.42 Å². The summed E-state index contributed by atoms with van der Waals surface area (Å²) in [4.78, 5) is 0. The number of aryl methyl sites for hydroxylation is 2. The molecule has 0 aliphatic heterocycles. The van der Waals surface area contributed by atoms with Gasteiger partial charge in [-0.05, 0) is 99.2 Å². The minimum atomic E-state index is 0.496. The molecule has 0 amide bonds. The van der Waals surface area contributed by atoms with E-state index >= 15 is 0 Å². The van der Waals surface area contributed by atoms with E-state index in [9.17, 15) is 0 Å². The van der Waals surface area contributed by atoms with Gasteiger partial charge in [-0.1, -0.05) is 107 Å². The molecule has 5 aromatic carbocycles. The number of nitrogens with zero attached hydrogens (tertiary/aromatic N) is 2. The lowest BCUT2D eigenvalue weighted by molar-refractivity contribution is 0.330. The molecule has 6 rings (SSSR count). The maximum atomic E-state index is 6.34. The number of aromatic nitrogens is 2. The number of rotatable bonds is 7. The SMILES string of the molecule is CCC(C)C(C)C(C)c1ccc(-c2nnc(-c3cc(C)c(-c4c(C)ccc5ccccc45)c4ccccc34)o2)cc1. The predicted molar refractivity (Wildman–Crippen MR) is 172 cm³/mol. The fraction of sp³-hybridized carbons (Fsp3) is 0.263. The molecule has 0 radical (unpaired) electrons. The Labute approximate surface area is 243 Å². The van der Waals surface area contributed by atoms with Crippen LogP contribution in [0.2, 0.25) is 0 Å². The number of benzene rings is 5. The molecule has 3 heteroatoms. The Morgan fingerprint density at radius 3 is 2.02 bits per heavy atom. The largest absolute Gasteiger partial charge is 0.416 e. The molecule has 0 saturated carbocycles. The summed E-state index contributed by atoms with van der Waals surface area (Å²) in [5.41, 5.74) is 8.25. The predicted octanol–water partition coefficient (Wildman–Crippen LogP) is 10.8. The maximum absolute atomic E-state index is 6.34. The van der Waals surface area contributed by atoms with Crippen molar-refractivity contribution < 1.29 is 4.42 Å². The van der Waals surface area contributed by atoms with Crippen molar-refractivity contribution in [2.45, 2.75) is 53.9 Å². The van der Waals surface area contributed by atoms with Crippen molar-refractivity contribution in [2.24, 2.45) is 11.8 Å². The van der Waals surface area contributed by atoms with E-state index in [1.807, 2.05) is 0 Å². The topological polar surface area (TPSA) is 38.9 Å². The number of hydrogen-bond donors (Lipinski definition) is 0. The Hall–Kier alpha value is -4.24. The monoisotopic (exact) mass is 538 g/mol. The van der Waals surface area contributed by atoms with Crippen LogP contribution in [0.1, 0.15) is 56.7 Å². The van der Waals surface area contributed by atoms with Gasteiger partial charge < -0.3 is 4.42 Å². The van der Waals surface area contributed by atoms with Crippen molar-refractivity contribution in [3.05, 3.63) is 108 Å². The van der Waals surface area contributed by atoms with Crippen LogP contribution in [0.5, 0.6) is 0 Å². The van der Waals surface area contributed by atoms with Crippen LogP contribution < -0.4 is 0 Å². The molecule has 206 valence electrons. The van der Waals surface area contributed by atoms with Gasteiger partial charge in [-0.2, -0.15) is 0 Å². The highest BCUT2D eigenvalue weighted by Gasteiger charge is 2.21. The third kappa shape index (κ3) is 4.84. The fourth-order valence-electron chi connectivity index (χ4n) is 6.28. The summed E-state index contributed by atoms with van der Waals surface area (Å²) in [6.45, 7) is 13.7. The third-order valence-electron chi connectivity index (χ3n) is 9.30. The van der Waals surface area contributed by atoms with Gasteiger partial charge in [0.2, 0.25) is 11.8 Å². The molecule has 6 aromatic rings. The molecule has 3 unspecified atom stereocenters. The first kappa shape index (κ1) is 27.0. The lowest BCUT2D eigenvalue weighted by atomic mass is 9.80. The normalized spacial score (nSPS) is 13.9. The van der Waals surface area contributed by atoms with E-state index < -0.39 is 0 Å². The fourth-order valence-corrected chi connectivity index (χ4v) is 6.28. The van der Waals surface area contributed by atoms with Crippen LogP contribution >= 0.6 is 0 Å². The van der Waals surface area contributed by atoms with Crippen molar-refractivity contribution in [1.82, 2.24) is 10.2 Å². The zero-order valence-electron chi connectivity index (χ0n) is 24.9. The third-order valence-corrected chi connectivity index (χ3v) is 9.30. The molecule has 0 fully saturated rings. The van der Waals surface area contributed by atoms with E-state index in [0.29, 0.717) is 29.5 Å². The van der Waals surface area contributed by atoms with Crippen LogP contribution in [0.15, 0.2) is 95.4 Å². The van der Waals surface area contributed by atoms with Crippen molar-refractivity contribution in [1.29, 1.82) is 0 Å². The van der Waals surface area contributed by atoms with Gasteiger partial charge in [0.25, 0.3) is 0 Å². The van der Waals surface area contributed by atoms with Crippen LogP contribution in [-0.4, -0.2) is 10.2 Å². The molecule has 0 aliphatic rings. The molecule has 3 nitrogen and oxygen atoms in total. The van der Waals surface area contributed by atoms with Gasteiger partial charge in [-0.3, -0.25) is 0 Å². The maximum Gasteiger partial charge on any atom is 0.248 e. The molecule has 41 heavy (non-hydrogen) atoms. The Morgan fingerprint density at radius 2 is 1.29 bits per heavy atom. The molecule has 0 N–H and O–H groups in total. The van der Waals surface area contributed by atoms with Crippen molar-refractivity contribution in [3.8, 4) is 34.0 Å². The lowest BCUT2D eigenvalue weighted by Gasteiger charge is -2.25. The van der Waals surface area contributed by atoms with Gasteiger partial charge >= 0.3 is 0 Å². The van der Waals surface area contributed by atoms with Gasteiger partial charge in [0, 0.05) is 11.1 Å². The lowest BCUT2D eigenvalue weighted by Crippen LogP contribution is -2.14. The van der Waals surface area contributed by atoms with Crippen LogP contribution in [0.3, 0.4) is 0 Å². The highest BCUT2D eigenvalue weighted by Crippen LogP contribution is 2.42. The highest BCUT2D eigenvalue weighted by molar-refractivity contribution is 6.11. The van der Waals surface area contributed by atoms with Crippen LogP contribution in [0.4, 0.5) is 0 Å². The van der Waals surface area contributed by atoms with E-state index in [-0.39, 0.29) is 0 Å². The first-order valence-electron chi connectivity index (χ1n) is 14.8. The summed E-state index contributed by atoms with van der Waals surface area (Å²) in [5, 5.41) is 13.8. The first-order valence-corrected chi connectivity index (χ1v) is 14.8. The molecule has 0 bridgehead atoms. The molecule has 0 aliphatic carbocycles. The van der Waals surface area contributed by atoms with E-state index in [2.05, 4.69) is 143 Å². The van der Waals surface area contributed by atoms with Gasteiger partial charge in [-0.25, -0.2) is 0 Å². The van der Waals surface area contributed by atoms with Gasteiger partial charge in [0.15, 0.2) is 0 Å². The molecule has 0 saturated heterocycles. The Bertz CT molecular complexity index is 1850. The summed E-state index contributed by atoms with van der Waals surface area (Å²) in [7, 11) is 0. The average Bonchev–Trinajstić information content (AvgIpc) is 3.50. The molecular formula is C38H38N2O. The Morgan fingerprint density at radius 1 is 0.659 bits per heavy atom. The van der Waals surface area contributed by atoms with E-state index in [0.717, 1.165) is 16.5 Å². The quantitative estimate of drug-likeness (QED) is 0.203. The second kappa shape index (κ2) is 11.0. The Balaban J connectivity index is 1.40. The van der Waals surface area contributed by atoms with Crippen molar-refractivity contribution in [2.75, 3.05) is 0 Å². The van der Waals surface area contributed by atoms with Gasteiger partial charge in [-0.15, -0.1) is 10.2 Å². The second-order valence-corrected chi connectivity index (χ2v) is 11.7. The van der Waals surface area contributed by atoms with E-state index in [1.165, 1.54) is 50.4 Å². The molecule has 1 aromatic heterocycles. The summed E-state index contributed by atoms with van der Waals surface area (Å²) in [6, 6.07) is 32.5. The van der Waals surface area contributed by atoms with E-state index in [1.54, 1.807) is 0 Å². The Kier molecular flexibility index (Phi) is 7.21.